The predicted molar refractivity (Wildman–Crippen MR) is 68.5 cm³/mol. The highest BCUT2D eigenvalue weighted by Crippen LogP contribution is 2.22. The van der Waals surface area contributed by atoms with E-state index in [1.54, 1.807) is 7.11 Å². The van der Waals surface area contributed by atoms with Crippen molar-refractivity contribution in [3.05, 3.63) is 15.9 Å². The Morgan fingerprint density at radius 3 is 2.69 bits per heavy atom. The highest BCUT2D eigenvalue weighted by Gasteiger charge is 2.13. The van der Waals surface area contributed by atoms with Crippen molar-refractivity contribution >= 4 is 15.9 Å². The van der Waals surface area contributed by atoms with Gasteiger partial charge >= 0.3 is 0 Å². The monoisotopic (exact) mass is 289 g/mol. The zero-order valence-electron chi connectivity index (χ0n) is 10.5. The maximum absolute atomic E-state index is 5.06. The third-order valence-electron chi connectivity index (χ3n) is 2.60. The van der Waals surface area contributed by atoms with Gasteiger partial charge in [-0.25, -0.2) is 0 Å². The number of hydrogen-bond donors (Lipinski definition) is 0. The zero-order chi connectivity index (χ0) is 12.1. The summed E-state index contributed by atoms with van der Waals surface area (Å²) in [5, 5.41) is 4.47. The summed E-state index contributed by atoms with van der Waals surface area (Å²) in [5.41, 5.74) is 2.34. The van der Waals surface area contributed by atoms with Crippen molar-refractivity contribution in [2.75, 3.05) is 27.3 Å². The molecule has 0 aliphatic carbocycles. The van der Waals surface area contributed by atoms with Gasteiger partial charge in [0.25, 0.3) is 0 Å². The van der Waals surface area contributed by atoms with Gasteiger partial charge in [0.15, 0.2) is 0 Å². The van der Waals surface area contributed by atoms with Crippen LogP contribution in [0.2, 0.25) is 0 Å². The smallest absolute Gasteiger partial charge is 0.0767 e. The Labute approximate surface area is 106 Å². The van der Waals surface area contributed by atoms with Crippen LogP contribution in [-0.4, -0.2) is 42.0 Å². The van der Waals surface area contributed by atoms with E-state index in [-0.39, 0.29) is 0 Å². The van der Waals surface area contributed by atoms with Crippen molar-refractivity contribution in [1.82, 2.24) is 14.7 Å². The standard InChI is InChI=1S/C11H20BrN3O/c1-5-9-11(12)10(15(3)13-9)8-14(2)6-7-16-4/h5-8H2,1-4H3. The molecule has 0 aliphatic rings. The maximum atomic E-state index is 5.06. The average Bonchev–Trinajstić information content (AvgIpc) is 2.53. The van der Waals surface area contributed by atoms with Gasteiger partial charge in [-0.05, 0) is 29.4 Å². The summed E-state index contributed by atoms with van der Waals surface area (Å²) in [6, 6.07) is 0. The lowest BCUT2D eigenvalue weighted by atomic mass is 10.3. The number of rotatable bonds is 6. The summed E-state index contributed by atoms with van der Waals surface area (Å²) in [4.78, 5) is 2.23. The number of aromatic nitrogens is 2. The first-order valence-electron chi connectivity index (χ1n) is 5.47. The first-order chi connectivity index (χ1) is 7.60. The van der Waals surface area contributed by atoms with Crippen molar-refractivity contribution in [2.24, 2.45) is 7.05 Å². The van der Waals surface area contributed by atoms with Crippen LogP contribution in [0.4, 0.5) is 0 Å². The fourth-order valence-corrected chi connectivity index (χ4v) is 2.32. The van der Waals surface area contributed by atoms with E-state index in [2.05, 4.69) is 39.9 Å². The number of halogens is 1. The minimum atomic E-state index is 0.757. The fourth-order valence-electron chi connectivity index (χ4n) is 1.57. The number of aryl methyl sites for hydroxylation is 2. The van der Waals surface area contributed by atoms with Gasteiger partial charge in [0.1, 0.15) is 0 Å². The molecule has 0 unspecified atom stereocenters. The summed E-state index contributed by atoms with van der Waals surface area (Å²) in [6.45, 7) is 4.68. The molecule has 0 amide bonds. The SMILES string of the molecule is CCc1nn(C)c(CN(C)CCOC)c1Br. The van der Waals surface area contributed by atoms with E-state index in [1.165, 1.54) is 5.69 Å². The molecule has 0 aromatic carbocycles. The quantitative estimate of drug-likeness (QED) is 0.800. The Bertz CT molecular complexity index is 338. The van der Waals surface area contributed by atoms with Crippen LogP contribution in [0.5, 0.6) is 0 Å². The van der Waals surface area contributed by atoms with E-state index in [4.69, 9.17) is 4.74 Å². The molecule has 0 spiro atoms. The molecule has 5 heteroatoms. The Hall–Kier alpha value is -0.390. The lowest BCUT2D eigenvalue weighted by Gasteiger charge is -2.16. The van der Waals surface area contributed by atoms with Gasteiger partial charge in [-0.3, -0.25) is 9.58 Å². The molecule has 0 bridgehead atoms. The lowest BCUT2D eigenvalue weighted by molar-refractivity contribution is 0.157. The normalized spacial score (nSPS) is 11.4. The molecule has 0 saturated carbocycles. The van der Waals surface area contributed by atoms with Crippen LogP contribution in [0.25, 0.3) is 0 Å². The first kappa shape index (κ1) is 13.7. The number of ether oxygens (including phenoxy) is 1. The van der Waals surface area contributed by atoms with Crippen LogP contribution >= 0.6 is 15.9 Å². The van der Waals surface area contributed by atoms with E-state index >= 15 is 0 Å². The maximum Gasteiger partial charge on any atom is 0.0767 e. The van der Waals surface area contributed by atoms with Gasteiger partial charge in [-0.2, -0.15) is 5.10 Å². The van der Waals surface area contributed by atoms with Gasteiger partial charge in [0, 0.05) is 27.2 Å². The molecular formula is C11H20BrN3O. The Morgan fingerprint density at radius 1 is 1.50 bits per heavy atom. The first-order valence-corrected chi connectivity index (χ1v) is 6.27. The minimum absolute atomic E-state index is 0.757. The molecule has 0 saturated heterocycles. The fraction of sp³-hybridized carbons (Fsp3) is 0.727. The second-order valence-electron chi connectivity index (χ2n) is 3.92. The summed E-state index contributed by atoms with van der Waals surface area (Å²) >= 11 is 3.62. The molecule has 1 rings (SSSR count). The summed E-state index contributed by atoms with van der Waals surface area (Å²) in [6.07, 6.45) is 0.955. The molecule has 0 aliphatic heterocycles. The number of likely N-dealkylation sites (N-methyl/N-ethyl adjacent to an activating group) is 1. The third kappa shape index (κ3) is 3.30. The number of hydrogen-bond acceptors (Lipinski definition) is 3. The largest absolute Gasteiger partial charge is 0.383 e. The predicted octanol–water partition coefficient (Wildman–Crippen LogP) is 1.82. The molecule has 1 aromatic heterocycles. The molecule has 0 radical (unpaired) electrons. The number of methoxy groups -OCH3 is 1. The van der Waals surface area contributed by atoms with Gasteiger partial charge in [0.2, 0.25) is 0 Å². The topological polar surface area (TPSA) is 30.3 Å². The van der Waals surface area contributed by atoms with Crippen molar-refractivity contribution in [3.63, 3.8) is 0 Å². The molecule has 16 heavy (non-hydrogen) atoms. The highest BCUT2D eigenvalue weighted by molar-refractivity contribution is 9.10. The van der Waals surface area contributed by atoms with Gasteiger partial charge in [0.05, 0.1) is 22.5 Å². The van der Waals surface area contributed by atoms with Crippen LogP contribution < -0.4 is 0 Å². The van der Waals surface area contributed by atoms with E-state index in [9.17, 15) is 0 Å². The van der Waals surface area contributed by atoms with E-state index in [0.717, 1.165) is 36.3 Å². The second kappa shape index (κ2) is 6.37. The van der Waals surface area contributed by atoms with Gasteiger partial charge in [-0.1, -0.05) is 6.92 Å². The molecule has 0 N–H and O–H groups in total. The van der Waals surface area contributed by atoms with Crippen LogP contribution in [0.15, 0.2) is 4.47 Å². The van der Waals surface area contributed by atoms with Crippen molar-refractivity contribution < 1.29 is 4.74 Å². The van der Waals surface area contributed by atoms with Crippen LogP contribution in [0.1, 0.15) is 18.3 Å². The average molecular weight is 290 g/mol. The Balaban J connectivity index is 2.69. The number of nitrogens with zero attached hydrogens (tertiary/aromatic N) is 3. The lowest BCUT2D eigenvalue weighted by Crippen LogP contribution is -2.23. The summed E-state index contributed by atoms with van der Waals surface area (Å²) in [5.74, 6) is 0. The molecule has 0 atom stereocenters. The minimum Gasteiger partial charge on any atom is -0.383 e. The van der Waals surface area contributed by atoms with E-state index in [1.807, 2.05) is 11.7 Å². The molecule has 92 valence electrons. The van der Waals surface area contributed by atoms with Crippen LogP contribution in [0, 0.1) is 0 Å². The summed E-state index contributed by atoms with van der Waals surface area (Å²) < 4.78 is 8.15. The van der Waals surface area contributed by atoms with Crippen molar-refractivity contribution in [3.8, 4) is 0 Å². The Morgan fingerprint density at radius 2 is 2.19 bits per heavy atom. The molecule has 1 aromatic rings. The van der Waals surface area contributed by atoms with Crippen LogP contribution in [0.3, 0.4) is 0 Å². The summed E-state index contributed by atoms with van der Waals surface area (Å²) in [7, 11) is 5.80. The third-order valence-corrected chi connectivity index (χ3v) is 3.52. The molecular weight excluding hydrogens is 270 g/mol. The highest BCUT2D eigenvalue weighted by atomic mass is 79.9. The second-order valence-corrected chi connectivity index (χ2v) is 4.71. The zero-order valence-corrected chi connectivity index (χ0v) is 12.0. The van der Waals surface area contributed by atoms with E-state index < -0.39 is 0 Å². The molecule has 4 nitrogen and oxygen atoms in total. The van der Waals surface area contributed by atoms with Crippen molar-refractivity contribution in [1.29, 1.82) is 0 Å². The van der Waals surface area contributed by atoms with Crippen LogP contribution in [-0.2, 0) is 24.8 Å². The van der Waals surface area contributed by atoms with Gasteiger partial charge in [-0.15, -0.1) is 0 Å². The Kier molecular flexibility index (Phi) is 5.44. The van der Waals surface area contributed by atoms with Crippen molar-refractivity contribution in [2.45, 2.75) is 19.9 Å². The molecule has 0 fully saturated rings. The van der Waals surface area contributed by atoms with Gasteiger partial charge < -0.3 is 4.74 Å². The molecule has 1 heterocycles. The van der Waals surface area contributed by atoms with E-state index in [0.29, 0.717) is 0 Å².